The van der Waals surface area contributed by atoms with Crippen molar-refractivity contribution in [2.45, 2.75) is 89.4 Å². The van der Waals surface area contributed by atoms with Gasteiger partial charge in [-0.2, -0.15) is 18.4 Å². The quantitative estimate of drug-likeness (QED) is 0.186. The van der Waals surface area contributed by atoms with Crippen molar-refractivity contribution in [1.82, 2.24) is 4.83 Å². The van der Waals surface area contributed by atoms with Crippen molar-refractivity contribution in [1.29, 1.82) is 0 Å². The van der Waals surface area contributed by atoms with Crippen LogP contribution in [0.1, 0.15) is 89.2 Å². The Hall–Kier alpha value is -2.14. The first kappa shape index (κ1) is 25.1. The molecule has 0 fully saturated rings. The summed E-state index contributed by atoms with van der Waals surface area (Å²) >= 11 is 0. The smallest absolute Gasteiger partial charge is 0.200 e. The fourth-order valence-corrected chi connectivity index (χ4v) is 4.43. The third-order valence-electron chi connectivity index (χ3n) is 5.58. The Morgan fingerprint density at radius 1 is 0.774 bits per heavy atom. The summed E-state index contributed by atoms with van der Waals surface area (Å²) in [5, 5.41) is 4.05. The number of rotatable bonds is 15. The lowest BCUT2D eigenvalue weighted by molar-refractivity contribution is 0.556. The van der Waals surface area contributed by atoms with Crippen molar-refractivity contribution in [3.8, 4) is 0 Å². The van der Waals surface area contributed by atoms with Crippen molar-refractivity contribution < 1.29 is 8.42 Å². The van der Waals surface area contributed by atoms with Crippen LogP contribution in [0.15, 0.2) is 64.6 Å². The van der Waals surface area contributed by atoms with Gasteiger partial charge in [0.1, 0.15) is 0 Å². The lowest BCUT2D eigenvalue weighted by Gasteiger charge is -2.07. The van der Waals surface area contributed by atoms with Crippen LogP contribution in [-0.2, 0) is 16.4 Å². The highest BCUT2D eigenvalue weighted by Crippen LogP contribution is 2.15. The maximum Gasteiger partial charge on any atom is 0.276 e. The molecular weight excluding hydrogens is 404 g/mol. The summed E-state index contributed by atoms with van der Waals surface area (Å²) in [7, 11) is -3.66. The van der Waals surface area contributed by atoms with E-state index in [4.69, 9.17) is 0 Å². The number of nitrogens with one attached hydrogen (secondary N) is 1. The van der Waals surface area contributed by atoms with Crippen LogP contribution in [0.4, 0.5) is 0 Å². The lowest BCUT2D eigenvalue weighted by atomic mass is 10.0. The molecule has 0 saturated heterocycles. The molecule has 0 atom stereocenters. The molecule has 0 radical (unpaired) electrons. The van der Waals surface area contributed by atoms with Gasteiger partial charge in [-0.1, -0.05) is 107 Å². The van der Waals surface area contributed by atoms with Crippen LogP contribution in [0.25, 0.3) is 0 Å². The molecule has 2 rings (SSSR count). The number of benzene rings is 2. The van der Waals surface area contributed by atoms with Crippen molar-refractivity contribution in [3.63, 3.8) is 0 Å². The van der Waals surface area contributed by atoms with E-state index in [2.05, 4.69) is 16.9 Å². The molecule has 2 aromatic carbocycles. The minimum Gasteiger partial charge on any atom is -0.200 e. The maximum atomic E-state index is 12.5. The summed E-state index contributed by atoms with van der Waals surface area (Å²) in [5.74, 6) is 0. The van der Waals surface area contributed by atoms with Crippen molar-refractivity contribution in [2.24, 2.45) is 5.10 Å². The molecule has 0 aromatic heterocycles. The summed E-state index contributed by atoms with van der Waals surface area (Å²) in [4.78, 5) is 2.58. The molecule has 31 heavy (non-hydrogen) atoms. The van der Waals surface area contributed by atoms with Crippen molar-refractivity contribution >= 4 is 15.7 Å². The van der Waals surface area contributed by atoms with Gasteiger partial charge in [0.25, 0.3) is 10.0 Å². The van der Waals surface area contributed by atoms with Crippen LogP contribution in [0.2, 0.25) is 0 Å². The number of aryl methyl sites for hydroxylation is 1. The molecule has 1 N–H and O–H groups in total. The third kappa shape index (κ3) is 9.69. The van der Waals surface area contributed by atoms with Gasteiger partial charge in [-0.05, 0) is 43.0 Å². The zero-order valence-electron chi connectivity index (χ0n) is 19.1. The fraction of sp³-hybridized carbons (Fsp3) is 0.500. The second-order valence-corrected chi connectivity index (χ2v) is 9.89. The van der Waals surface area contributed by atoms with Crippen LogP contribution in [-0.4, -0.2) is 14.1 Å². The summed E-state index contributed by atoms with van der Waals surface area (Å²) < 4.78 is 25.0. The van der Waals surface area contributed by atoms with Gasteiger partial charge in [0, 0.05) is 0 Å². The highest BCUT2D eigenvalue weighted by molar-refractivity contribution is 7.89. The largest absolute Gasteiger partial charge is 0.276 e. The number of sulfonamides is 1. The molecule has 0 amide bonds. The molecule has 5 heteroatoms. The summed E-state index contributed by atoms with van der Waals surface area (Å²) in [6, 6.07) is 16.7. The Labute approximate surface area is 189 Å². The van der Waals surface area contributed by atoms with Gasteiger partial charge in [0.15, 0.2) is 0 Å². The molecule has 0 heterocycles. The van der Waals surface area contributed by atoms with Crippen LogP contribution in [0, 0.1) is 0 Å². The SMILES string of the molecule is CCCCCCCCCCCCc1ccc(S(=O)(=O)NN=C(C)c2ccccc2)cc1. The predicted molar refractivity (Wildman–Crippen MR) is 131 cm³/mol. The maximum absolute atomic E-state index is 12.5. The number of hydrazone groups is 1. The van der Waals surface area contributed by atoms with Gasteiger partial charge < -0.3 is 0 Å². The van der Waals surface area contributed by atoms with E-state index in [0.717, 1.165) is 18.4 Å². The fourth-order valence-electron chi connectivity index (χ4n) is 3.58. The third-order valence-corrected chi connectivity index (χ3v) is 6.80. The molecule has 0 aliphatic rings. The first-order valence-corrected chi connectivity index (χ1v) is 13.2. The van der Waals surface area contributed by atoms with E-state index < -0.39 is 10.0 Å². The molecule has 0 saturated carbocycles. The lowest BCUT2D eigenvalue weighted by Crippen LogP contribution is -2.20. The van der Waals surface area contributed by atoms with E-state index >= 15 is 0 Å². The Bertz CT molecular complexity index is 875. The molecule has 0 spiro atoms. The van der Waals surface area contributed by atoms with Gasteiger partial charge in [-0.15, -0.1) is 0 Å². The average molecular weight is 443 g/mol. The van der Waals surface area contributed by atoms with Gasteiger partial charge in [-0.3, -0.25) is 0 Å². The van der Waals surface area contributed by atoms with Crippen LogP contribution >= 0.6 is 0 Å². The summed E-state index contributed by atoms with van der Waals surface area (Å²) in [6.07, 6.45) is 14.2. The van der Waals surface area contributed by atoms with Gasteiger partial charge in [-0.25, -0.2) is 0 Å². The molecule has 170 valence electrons. The Morgan fingerprint density at radius 2 is 1.32 bits per heavy atom. The Balaban J connectivity index is 1.71. The minimum atomic E-state index is -3.66. The molecule has 2 aromatic rings. The first-order valence-electron chi connectivity index (χ1n) is 11.7. The summed E-state index contributed by atoms with van der Waals surface area (Å²) in [5.41, 5.74) is 2.70. The van der Waals surface area contributed by atoms with Gasteiger partial charge in [0.2, 0.25) is 0 Å². The van der Waals surface area contributed by atoms with E-state index in [1.54, 1.807) is 19.1 Å². The number of unbranched alkanes of at least 4 members (excludes halogenated alkanes) is 9. The number of hydrogen-bond donors (Lipinski definition) is 1. The summed E-state index contributed by atoms with van der Waals surface area (Å²) in [6.45, 7) is 4.04. The van der Waals surface area contributed by atoms with Crippen LogP contribution in [0.3, 0.4) is 0 Å². The molecule has 0 bridgehead atoms. The van der Waals surface area contributed by atoms with E-state index in [1.165, 1.54) is 63.4 Å². The molecular formula is C26H38N2O2S. The van der Waals surface area contributed by atoms with E-state index in [0.29, 0.717) is 5.71 Å². The topological polar surface area (TPSA) is 58.5 Å². The average Bonchev–Trinajstić information content (AvgIpc) is 2.79. The first-order chi connectivity index (χ1) is 15.0. The zero-order valence-corrected chi connectivity index (χ0v) is 20.0. The van der Waals surface area contributed by atoms with E-state index in [9.17, 15) is 8.42 Å². The highest BCUT2D eigenvalue weighted by Gasteiger charge is 2.13. The standard InChI is InChI=1S/C26H38N2O2S/c1-3-4-5-6-7-8-9-10-11-13-16-24-19-21-26(22-20-24)31(29,30)28-27-23(2)25-17-14-12-15-18-25/h12,14-15,17-22,28H,3-11,13,16H2,1-2H3. The number of nitrogens with zero attached hydrogens (tertiary/aromatic N) is 1. The van der Waals surface area contributed by atoms with E-state index in [-0.39, 0.29) is 4.90 Å². The van der Waals surface area contributed by atoms with Crippen molar-refractivity contribution in [3.05, 3.63) is 65.7 Å². The second-order valence-electron chi connectivity index (χ2n) is 8.23. The molecule has 0 aliphatic heterocycles. The van der Waals surface area contributed by atoms with E-state index in [1.807, 2.05) is 42.5 Å². The minimum absolute atomic E-state index is 0.240. The predicted octanol–water partition coefficient (Wildman–Crippen LogP) is 6.85. The monoisotopic (exact) mass is 442 g/mol. The van der Waals surface area contributed by atoms with Crippen LogP contribution < -0.4 is 4.83 Å². The van der Waals surface area contributed by atoms with Gasteiger partial charge in [0.05, 0.1) is 10.6 Å². The normalized spacial score (nSPS) is 12.1. The van der Waals surface area contributed by atoms with Gasteiger partial charge >= 0.3 is 0 Å². The van der Waals surface area contributed by atoms with Crippen LogP contribution in [0.5, 0.6) is 0 Å². The Kier molecular flexibility index (Phi) is 11.4. The highest BCUT2D eigenvalue weighted by atomic mass is 32.2. The molecule has 0 unspecified atom stereocenters. The molecule has 0 aliphatic carbocycles. The number of hydrogen-bond acceptors (Lipinski definition) is 3. The zero-order chi connectivity index (χ0) is 22.4. The molecule has 4 nitrogen and oxygen atoms in total. The second kappa shape index (κ2) is 14.0. The van der Waals surface area contributed by atoms with Crippen molar-refractivity contribution in [2.75, 3.05) is 0 Å². The Morgan fingerprint density at radius 3 is 1.90 bits per heavy atom.